The van der Waals surface area contributed by atoms with Crippen LogP contribution in [-0.2, 0) is 6.61 Å². The molecule has 0 spiro atoms. The number of ether oxygens (including phenoxy) is 1. The number of benzene rings is 2. The number of aromatic amines is 1. The predicted molar refractivity (Wildman–Crippen MR) is 101 cm³/mol. The molecule has 0 radical (unpaired) electrons. The molecule has 7 nitrogen and oxygen atoms in total. The number of hydrogen-bond acceptors (Lipinski definition) is 6. The standard InChI is InChI=1S/C18H16ClN5O2/c1-12-17(21-18(25)24-22-12)23-20-10-14-6-2-3-8-16(14)26-11-13-5-4-7-15(19)9-13/h2-10H,11H2,1H3,(H2,21,23,24,25)/b20-10+. The van der Waals surface area contributed by atoms with Crippen LogP contribution >= 0.6 is 11.6 Å². The van der Waals surface area contributed by atoms with Crippen LogP contribution in [0.3, 0.4) is 0 Å². The van der Waals surface area contributed by atoms with Crippen molar-refractivity contribution in [3.63, 3.8) is 0 Å². The Morgan fingerprint density at radius 3 is 2.96 bits per heavy atom. The third-order valence-electron chi connectivity index (χ3n) is 3.45. The molecule has 0 saturated carbocycles. The molecule has 1 heterocycles. The Balaban J connectivity index is 1.70. The first-order chi connectivity index (χ1) is 12.6. The zero-order valence-corrected chi connectivity index (χ0v) is 14.7. The summed E-state index contributed by atoms with van der Waals surface area (Å²) in [5.74, 6) is 0.967. The lowest BCUT2D eigenvalue weighted by Crippen LogP contribution is -2.15. The number of aryl methyl sites for hydroxylation is 1. The molecule has 0 saturated heterocycles. The van der Waals surface area contributed by atoms with Gasteiger partial charge in [0.2, 0.25) is 0 Å². The fourth-order valence-electron chi connectivity index (χ4n) is 2.17. The zero-order chi connectivity index (χ0) is 18.4. The molecule has 0 aliphatic heterocycles. The molecule has 0 aliphatic rings. The molecule has 2 N–H and O–H groups in total. The molecule has 0 unspecified atom stereocenters. The van der Waals surface area contributed by atoms with Gasteiger partial charge in [-0.15, -0.1) is 0 Å². The Morgan fingerprint density at radius 1 is 1.27 bits per heavy atom. The highest BCUT2D eigenvalue weighted by atomic mass is 35.5. The average molecular weight is 370 g/mol. The van der Waals surface area contributed by atoms with Crippen molar-refractivity contribution in [2.75, 3.05) is 5.43 Å². The number of nitrogens with zero attached hydrogens (tertiary/aromatic N) is 3. The van der Waals surface area contributed by atoms with E-state index >= 15 is 0 Å². The first-order valence-corrected chi connectivity index (χ1v) is 8.18. The van der Waals surface area contributed by atoms with E-state index in [9.17, 15) is 4.79 Å². The molecule has 26 heavy (non-hydrogen) atoms. The predicted octanol–water partition coefficient (Wildman–Crippen LogP) is 3.15. The quantitative estimate of drug-likeness (QED) is 0.514. The molecule has 0 aliphatic carbocycles. The molecule has 132 valence electrons. The largest absolute Gasteiger partial charge is 0.488 e. The van der Waals surface area contributed by atoms with E-state index in [2.05, 4.69) is 25.7 Å². The Labute approximate surface area is 154 Å². The molecule has 1 aromatic heterocycles. The third-order valence-corrected chi connectivity index (χ3v) is 3.69. The molecule has 3 rings (SSSR count). The van der Waals surface area contributed by atoms with Crippen molar-refractivity contribution in [2.24, 2.45) is 5.10 Å². The number of anilines is 1. The summed E-state index contributed by atoms with van der Waals surface area (Å²) in [4.78, 5) is 15.0. The van der Waals surface area contributed by atoms with Crippen molar-refractivity contribution in [2.45, 2.75) is 13.5 Å². The van der Waals surface area contributed by atoms with Gasteiger partial charge in [-0.1, -0.05) is 35.9 Å². The van der Waals surface area contributed by atoms with Crippen LogP contribution in [0.4, 0.5) is 5.82 Å². The minimum Gasteiger partial charge on any atom is -0.488 e. The second-order valence-corrected chi connectivity index (χ2v) is 5.84. The fraction of sp³-hybridized carbons (Fsp3) is 0.111. The van der Waals surface area contributed by atoms with Crippen LogP contribution < -0.4 is 15.9 Å². The topological polar surface area (TPSA) is 92.3 Å². The van der Waals surface area contributed by atoms with Gasteiger partial charge >= 0.3 is 5.69 Å². The molecule has 3 aromatic rings. The highest BCUT2D eigenvalue weighted by Crippen LogP contribution is 2.19. The number of halogens is 1. The highest BCUT2D eigenvalue weighted by Gasteiger charge is 2.03. The van der Waals surface area contributed by atoms with Gasteiger partial charge in [-0.25, -0.2) is 9.89 Å². The maximum absolute atomic E-state index is 11.2. The summed E-state index contributed by atoms with van der Waals surface area (Å²) in [6.07, 6.45) is 1.59. The Kier molecular flexibility index (Phi) is 5.60. The number of rotatable bonds is 6. The van der Waals surface area contributed by atoms with E-state index in [1.807, 2.05) is 48.5 Å². The SMILES string of the molecule is Cc1n[nH]c(=O)nc1N/N=C/c1ccccc1OCc1cccc(Cl)c1. The summed E-state index contributed by atoms with van der Waals surface area (Å²) in [5.41, 5.74) is 4.45. The summed E-state index contributed by atoms with van der Waals surface area (Å²) in [6.45, 7) is 2.10. The van der Waals surface area contributed by atoms with Crippen molar-refractivity contribution < 1.29 is 4.74 Å². The van der Waals surface area contributed by atoms with E-state index in [1.54, 1.807) is 13.1 Å². The van der Waals surface area contributed by atoms with Crippen LogP contribution in [0.15, 0.2) is 58.4 Å². The number of para-hydroxylation sites is 1. The Hall–Kier alpha value is -3.19. The van der Waals surface area contributed by atoms with Crippen LogP contribution in [-0.4, -0.2) is 21.4 Å². The van der Waals surface area contributed by atoms with Crippen molar-refractivity contribution in [1.82, 2.24) is 15.2 Å². The van der Waals surface area contributed by atoms with Crippen LogP contribution in [0.2, 0.25) is 5.02 Å². The molecule has 0 bridgehead atoms. The van der Waals surface area contributed by atoms with Crippen LogP contribution in [0.1, 0.15) is 16.8 Å². The monoisotopic (exact) mass is 369 g/mol. The molecular weight excluding hydrogens is 354 g/mol. The summed E-state index contributed by atoms with van der Waals surface area (Å²) in [7, 11) is 0. The maximum Gasteiger partial charge on any atom is 0.363 e. The van der Waals surface area contributed by atoms with E-state index in [1.165, 1.54) is 0 Å². The normalized spacial score (nSPS) is 10.8. The fourth-order valence-corrected chi connectivity index (χ4v) is 2.38. The number of H-pyrrole nitrogens is 1. The third kappa shape index (κ3) is 4.67. The number of aromatic nitrogens is 3. The van der Waals surface area contributed by atoms with Gasteiger partial charge in [0.25, 0.3) is 0 Å². The van der Waals surface area contributed by atoms with Crippen molar-refractivity contribution in [3.05, 3.63) is 80.9 Å². The summed E-state index contributed by atoms with van der Waals surface area (Å²) in [5, 5.41) is 10.9. The van der Waals surface area contributed by atoms with E-state index in [0.717, 1.165) is 11.1 Å². The molecular formula is C18H16ClN5O2. The summed E-state index contributed by atoms with van der Waals surface area (Å²) in [6, 6.07) is 15.0. The van der Waals surface area contributed by atoms with Crippen LogP contribution in [0.25, 0.3) is 0 Å². The number of hydrogen-bond donors (Lipinski definition) is 2. The first kappa shape index (κ1) is 17.6. The van der Waals surface area contributed by atoms with Gasteiger partial charge in [-0.2, -0.15) is 15.2 Å². The minimum absolute atomic E-state index is 0.294. The molecule has 0 amide bonds. The van der Waals surface area contributed by atoms with Gasteiger partial charge in [0.1, 0.15) is 18.1 Å². The highest BCUT2D eigenvalue weighted by molar-refractivity contribution is 6.30. The first-order valence-electron chi connectivity index (χ1n) is 7.80. The molecule has 0 fully saturated rings. The lowest BCUT2D eigenvalue weighted by molar-refractivity contribution is 0.306. The Bertz CT molecular complexity index is 987. The van der Waals surface area contributed by atoms with E-state index < -0.39 is 5.69 Å². The number of nitrogens with one attached hydrogen (secondary N) is 2. The van der Waals surface area contributed by atoms with Crippen molar-refractivity contribution >= 4 is 23.6 Å². The van der Waals surface area contributed by atoms with Crippen molar-refractivity contribution in [1.29, 1.82) is 0 Å². The average Bonchev–Trinajstić information content (AvgIpc) is 2.64. The van der Waals surface area contributed by atoms with E-state index in [-0.39, 0.29) is 0 Å². The van der Waals surface area contributed by atoms with Crippen molar-refractivity contribution in [3.8, 4) is 5.75 Å². The van der Waals surface area contributed by atoms with Crippen LogP contribution in [0, 0.1) is 6.92 Å². The second-order valence-electron chi connectivity index (χ2n) is 5.40. The maximum atomic E-state index is 11.2. The van der Waals surface area contributed by atoms with Gasteiger partial charge in [-0.05, 0) is 36.8 Å². The van der Waals surface area contributed by atoms with Gasteiger partial charge in [0, 0.05) is 10.6 Å². The zero-order valence-electron chi connectivity index (χ0n) is 13.9. The molecule has 0 atom stereocenters. The lowest BCUT2D eigenvalue weighted by atomic mass is 10.2. The lowest BCUT2D eigenvalue weighted by Gasteiger charge is -2.09. The van der Waals surface area contributed by atoms with Gasteiger partial charge in [-0.3, -0.25) is 5.43 Å². The number of hydrazone groups is 1. The Morgan fingerprint density at radius 2 is 2.12 bits per heavy atom. The smallest absolute Gasteiger partial charge is 0.363 e. The second kappa shape index (κ2) is 8.26. The summed E-state index contributed by atoms with van der Waals surface area (Å²) >= 11 is 5.99. The molecule has 2 aromatic carbocycles. The van der Waals surface area contributed by atoms with Gasteiger partial charge in [0.05, 0.1) is 6.21 Å². The van der Waals surface area contributed by atoms with Gasteiger partial charge < -0.3 is 4.74 Å². The van der Waals surface area contributed by atoms with Crippen LogP contribution in [0.5, 0.6) is 5.75 Å². The van der Waals surface area contributed by atoms with E-state index in [4.69, 9.17) is 16.3 Å². The minimum atomic E-state index is -0.543. The van der Waals surface area contributed by atoms with Gasteiger partial charge in [0.15, 0.2) is 5.82 Å². The molecule has 8 heteroatoms. The summed E-state index contributed by atoms with van der Waals surface area (Å²) < 4.78 is 5.86. The van der Waals surface area contributed by atoms with E-state index in [0.29, 0.717) is 28.9 Å².